The molecule has 0 aliphatic carbocycles. The number of piperidine rings is 1. The van der Waals surface area contributed by atoms with Crippen LogP contribution in [0.5, 0.6) is 0 Å². The summed E-state index contributed by atoms with van der Waals surface area (Å²) < 4.78 is 0. The molecule has 0 aromatic carbocycles. The maximum Gasteiger partial charge on any atom is 0.274 e. The van der Waals surface area contributed by atoms with Crippen LogP contribution in [0.4, 0.5) is 0 Å². The Hall–Kier alpha value is -2.49. The molecule has 0 bridgehead atoms. The summed E-state index contributed by atoms with van der Waals surface area (Å²) in [6.45, 7) is 1.12. The molecule has 20 heavy (non-hydrogen) atoms. The molecule has 2 amide bonds. The number of amides is 2. The molecular formula is C13H15N5O2. The van der Waals surface area contributed by atoms with Gasteiger partial charge in [-0.1, -0.05) is 0 Å². The molecule has 104 valence electrons. The van der Waals surface area contributed by atoms with Crippen LogP contribution in [0, 0.1) is 11.3 Å². The van der Waals surface area contributed by atoms with Gasteiger partial charge in [0.15, 0.2) is 0 Å². The summed E-state index contributed by atoms with van der Waals surface area (Å²) in [6.07, 6.45) is 5.70. The van der Waals surface area contributed by atoms with Crippen LogP contribution in [0.25, 0.3) is 0 Å². The molecule has 7 nitrogen and oxygen atoms in total. The van der Waals surface area contributed by atoms with E-state index in [-0.39, 0.29) is 24.3 Å². The van der Waals surface area contributed by atoms with Gasteiger partial charge in [0, 0.05) is 31.5 Å². The molecular weight excluding hydrogens is 258 g/mol. The first-order valence-corrected chi connectivity index (χ1v) is 6.42. The zero-order valence-electron chi connectivity index (χ0n) is 11.0. The predicted octanol–water partition coefficient (Wildman–Crippen LogP) is 0.111. The van der Waals surface area contributed by atoms with Crippen LogP contribution in [-0.2, 0) is 4.79 Å². The molecule has 0 saturated carbocycles. The monoisotopic (exact) mass is 273 g/mol. The SMILES string of the molecule is N#CCC(=O)NC1CCN(C(=O)c2cnccn2)CC1. The molecule has 1 aliphatic rings. The van der Waals surface area contributed by atoms with Crippen molar-refractivity contribution < 1.29 is 9.59 Å². The minimum Gasteiger partial charge on any atom is -0.352 e. The molecule has 1 aliphatic heterocycles. The van der Waals surface area contributed by atoms with Crippen molar-refractivity contribution in [2.45, 2.75) is 25.3 Å². The normalized spacial score (nSPS) is 15.4. The van der Waals surface area contributed by atoms with Crippen molar-refractivity contribution in [3.05, 3.63) is 24.3 Å². The minimum atomic E-state index is -0.258. The lowest BCUT2D eigenvalue weighted by molar-refractivity contribution is -0.121. The Bertz CT molecular complexity index is 517. The van der Waals surface area contributed by atoms with Gasteiger partial charge in [-0.2, -0.15) is 5.26 Å². The average Bonchev–Trinajstić information content (AvgIpc) is 2.48. The van der Waals surface area contributed by atoms with Gasteiger partial charge >= 0.3 is 0 Å². The minimum absolute atomic E-state index is 0.0294. The highest BCUT2D eigenvalue weighted by atomic mass is 16.2. The highest BCUT2D eigenvalue weighted by molar-refractivity contribution is 5.92. The fourth-order valence-electron chi connectivity index (χ4n) is 2.15. The summed E-state index contributed by atoms with van der Waals surface area (Å²) in [5.41, 5.74) is 0.333. The fourth-order valence-corrected chi connectivity index (χ4v) is 2.15. The van der Waals surface area contributed by atoms with Crippen molar-refractivity contribution in [1.82, 2.24) is 20.2 Å². The molecule has 0 atom stereocenters. The van der Waals surface area contributed by atoms with Gasteiger partial charge in [-0.15, -0.1) is 0 Å². The standard InChI is InChI=1S/C13H15N5O2/c14-4-1-12(19)17-10-2-7-18(8-3-10)13(20)11-9-15-5-6-16-11/h5-6,9-10H,1-3,7-8H2,(H,17,19). The molecule has 7 heteroatoms. The van der Waals surface area contributed by atoms with Crippen molar-refractivity contribution in [3.8, 4) is 6.07 Å². The Labute approximate surface area is 116 Å². The zero-order valence-corrected chi connectivity index (χ0v) is 11.0. The number of aromatic nitrogens is 2. The molecule has 2 heterocycles. The largest absolute Gasteiger partial charge is 0.352 e. The van der Waals surface area contributed by atoms with Crippen molar-refractivity contribution in [2.75, 3.05) is 13.1 Å². The van der Waals surface area contributed by atoms with Gasteiger partial charge in [-0.3, -0.25) is 14.6 Å². The number of hydrogen-bond donors (Lipinski definition) is 1. The number of nitriles is 1. The van der Waals surface area contributed by atoms with Crippen LogP contribution in [0.2, 0.25) is 0 Å². The first-order chi connectivity index (χ1) is 9.70. The molecule has 1 saturated heterocycles. The number of carbonyl (C=O) groups is 2. The first kappa shape index (κ1) is 13.9. The van der Waals surface area contributed by atoms with Crippen LogP contribution < -0.4 is 5.32 Å². The Balaban J connectivity index is 1.84. The second kappa shape index (κ2) is 6.61. The van der Waals surface area contributed by atoms with Gasteiger partial charge < -0.3 is 10.2 Å². The first-order valence-electron chi connectivity index (χ1n) is 6.42. The van der Waals surface area contributed by atoms with Crippen LogP contribution in [0.15, 0.2) is 18.6 Å². The van der Waals surface area contributed by atoms with E-state index in [0.717, 1.165) is 0 Å². The molecule has 0 unspecified atom stereocenters. The molecule has 1 N–H and O–H groups in total. The van der Waals surface area contributed by atoms with E-state index in [4.69, 9.17) is 5.26 Å². The molecule has 1 fully saturated rings. The third-order valence-electron chi connectivity index (χ3n) is 3.17. The summed E-state index contributed by atoms with van der Waals surface area (Å²) in [5.74, 6) is -0.397. The third-order valence-corrected chi connectivity index (χ3v) is 3.17. The van der Waals surface area contributed by atoms with Gasteiger partial charge in [-0.25, -0.2) is 4.98 Å². The van der Waals surface area contributed by atoms with E-state index in [9.17, 15) is 9.59 Å². The lowest BCUT2D eigenvalue weighted by Gasteiger charge is -2.32. The maximum absolute atomic E-state index is 12.1. The molecule has 1 aromatic rings. The Morgan fingerprint density at radius 3 is 2.75 bits per heavy atom. The predicted molar refractivity (Wildman–Crippen MR) is 69.3 cm³/mol. The fraction of sp³-hybridized carbons (Fsp3) is 0.462. The van der Waals surface area contributed by atoms with Gasteiger partial charge in [0.1, 0.15) is 12.1 Å². The molecule has 1 aromatic heterocycles. The van der Waals surface area contributed by atoms with E-state index in [1.807, 2.05) is 6.07 Å². The number of rotatable bonds is 3. The number of carbonyl (C=O) groups excluding carboxylic acids is 2. The van der Waals surface area contributed by atoms with E-state index in [0.29, 0.717) is 31.6 Å². The van der Waals surface area contributed by atoms with Crippen molar-refractivity contribution in [1.29, 1.82) is 5.26 Å². The Morgan fingerprint density at radius 1 is 1.40 bits per heavy atom. The highest BCUT2D eigenvalue weighted by Crippen LogP contribution is 2.12. The molecule has 0 radical (unpaired) electrons. The Kier molecular flexibility index (Phi) is 4.60. The van der Waals surface area contributed by atoms with Crippen molar-refractivity contribution >= 4 is 11.8 Å². The summed E-state index contributed by atoms with van der Waals surface area (Å²) in [7, 11) is 0. The maximum atomic E-state index is 12.1. The van der Waals surface area contributed by atoms with Crippen molar-refractivity contribution in [3.63, 3.8) is 0 Å². The van der Waals surface area contributed by atoms with Crippen LogP contribution >= 0.6 is 0 Å². The van der Waals surface area contributed by atoms with E-state index in [2.05, 4.69) is 15.3 Å². The zero-order chi connectivity index (χ0) is 14.4. The van der Waals surface area contributed by atoms with Crippen molar-refractivity contribution in [2.24, 2.45) is 0 Å². The second-order valence-electron chi connectivity index (χ2n) is 4.56. The lowest BCUT2D eigenvalue weighted by atomic mass is 10.0. The molecule has 2 rings (SSSR count). The topological polar surface area (TPSA) is 99.0 Å². The van der Waals surface area contributed by atoms with Gasteiger partial charge in [0.2, 0.25) is 5.91 Å². The van der Waals surface area contributed by atoms with Gasteiger partial charge in [0.05, 0.1) is 12.3 Å². The number of nitrogens with zero attached hydrogens (tertiary/aromatic N) is 4. The van der Waals surface area contributed by atoms with E-state index in [1.165, 1.54) is 18.6 Å². The average molecular weight is 273 g/mol. The number of hydrogen-bond acceptors (Lipinski definition) is 5. The van der Waals surface area contributed by atoms with Crippen LogP contribution in [-0.4, -0.2) is 45.8 Å². The van der Waals surface area contributed by atoms with Crippen LogP contribution in [0.3, 0.4) is 0 Å². The second-order valence-corrected chi connectivity index (χ2v) is 4.56. The number of nitrogens with one attached hydrogen (secondary N) is 1. The van der Waals surface area contributed by atoms with Gasteiger partial charge in [0.25, 0.3) is 5.91 Å². The summed E-state index contributed by atoms with van der Waals surface area (Å²) in [5, 5.41) is 11.2. The van der Waals surface area contributed by atoms with E-state index >= 15 is 0 Å². The summed E-state index contributed by atoms with van der Waals surface area (Å²) >= 11 is 0. The molecule has 0 spiro atoms. The highest BCUT2D eigenvalue weighted by Gasteiger charge is 2.25. The lowest BCUT2D eigenvalue weighted by Crippen LogP contribution is -2.46. The Morgan fingerprint density at radius 2 is 2.15 bits per heavy atom. The van der Waals surface area contributed by atoms with E-state index in [1.54, 1.807) is 4.90 Å². The van der Waals surface area contributed by atoms with E-state index < -0.39 is 0 Å². The van der Waals surface area contributed by atoms with Crippen LogP contribution in [0.1, 0.15) is 29.8 Å². The summed E-state index contributed by atoms with van der Waals surface area (Å²) in [4.78, 5) is 33.0. The third kappa shape index (κ3) is 3.51. The smallest absolute Gasteiger partial charge is 0.274 e. The summed E-state index contributed by atoms with van der Waals surface area (Å²) in [6, 6.07) is 1.84. The van der Waals surface area contributed by atoms with Gasteiger partial charge in [-0.05, 0) is 12.8 Å². The quantitative estimate of drug-likeness (QED) is 0.842. The number of likely N-dealkylation sites (tertiary alicyclic amines) is 1.